The van der Waals surface area contributed by atoms with Gasteiger partial charge in [-0.05, 0) is 126 Å². The van der Waals surface area contributed by atoms with E-state index in [0.29, 0.717) is 57.1 Å². The van der Waals surface area contributed by atoms with Gasteiger partial charge in [-0.2, -0.15) is 60.1 Å². The van der Waals surface area contributed by atoms with Crippen molar-refractivity contribution in [2.24, 2.45) is 5.73 Å². The zero-order valence-corrected chi connectivity index (χ0v) is 39.7. The average molecular weight is 1050 g/mol. The van der Waals surface area contributed by atoms with Gasteiger partial charge >= 0.3 is 18.5 Å². The number of nitrogens with two attached hydrogens (primary N) is 1. The molecule has 10 aromatic rings. The molecule has 6 heterocycles. The molecule has 1 amide bonds. The van der Waals surface area contributed by atoms with Gasteiger partial charge in [-0.1, -0.05) is 42.5 Å². The van der Waals surface area contributed by atoms with Gasteiger partial charge in [0.25, 0.3) is 5.91 Å². The highest BCUT2D eigenvalue weighted by Crippen LogP contribution is 2.36. The minimum atomic E-state index is -4.57. The maximum atomic E-state index is 13.3. The van der Waals surface area contributed by atoms with Crippen molar-refractivity contribution in [2.45, 2.75) is 31.6 Å². The van der Waals surface area contributed by atoms with Gasteiger partial charge in [0.15, 0.2) is 17.1 Å². The molecule has 0 saturated heterocycles. The summed E-state index contributed by atoms with van der Waals surface area (Å²) in [5.74, 6) is -0.203. The van der Waals surface area contributed by atoms with Crippen LogP contribution in [0.25, 0.3) is 50.8 Å². The Morgan fingerprint density at radius 3 is 1.18 bits per heavy atom. The van der Waals surface area contributed by atoms with Crippen molar-refractivity contribution in [3.63, 3.8) is 0 Å². The zero-order valence-electron chi connectivity index (χ0n) is 39.7. The largest absolute Gasteiger partial charge is 0.435 e. The van der Waals surface area contributed by atoms with Gasteiger partial charge in [0, 0.05) is 72.5 Å². The molecule has 22 heteroatoms. The fraction of sp³-hybridized carbons (Fsp3) is 0.0909. The highest BCUT2D eigenvalue weighted by atomic mass is 19.4. The van der Waals surface area contributed by atoms with Crippen LogP contribution in [0.5, 0.6) is 0 Å². The number of amides is 1. The molecule has 0 atom stereocenters. The Hall–Kier alpha value is -9.75. The van der Waals surface area contributed by atoms with E-state index in [1.165, 1.54) is 51.0 Å². The Morgan fingerprint density at radius 2 is 0.857 bits per heavy atom. The minimum Gasteiger partial charge on any atom is -0.348 e. The fourth-order valence-corrected chi connectivity index (χ4v) is 7.39. The predicted molar refractivity (Wildman–Crippen MR) is 266 cm³/mol. The lowest BCUT2D eigenvalue weighted by atomic mass is 10.1. The molecule has 0 bridgehead atoms. The molecule has 0 unspecified atom stereocenters. The third kappa shape index (κ3) is 13.3. The number of halogens is 9. The molecule has 0 aliphatic heterocycles. The lowest BCUT2D eigenvalue weighted by Gasteiger charge is -2.09. The first-order valence-corrected chi connectivity index (χ1v) is 22.8. The Bertz CT molecular complexity index is 3580. The number of aromatic nitrogens is 9. The zero-order chi connectivity index (χ0) is 54.7. The molecule has 3 N–H and O–H groups in total. The number of carbonyl (C=O) groups is 1. The number of nitriles is 1. The molecular formula is C55H39F9N12O. The molecule has 0 fully saturated rings. The minimum absolute atomic E-state index is 0.203. The summed E-state index contributed by atoms with van der Waals surface area (Å²) in [6.07, 6.45) is -4.52. The van der Waals surface area contributed by atoms with Gasteiger partial charge in [0.2, 0.25) is 0 Å². The Balaban J connectivity index is 0.000000155. The molecule has 10 rings (SSSR count). The SMILES string of the molecule is N#Cc1ccc(-n2nc(C(F)(F)F)cc2-c2cccnc2)cc1.NCc1ccc(-n2nc(C(F)(F)F)cc2-c2cccnc2)cc1.O=C(NCc1ccc(-n2nc(C(F)(F)F)cc2-c2cccnc2)cc1)c1ccccc1. The van der Waals surface area contributed by atoms with Crippen molar-refractivity contribution >= 4 is 5.91 Å². The van der Waals surface area contributed by atoms with Crippen LogP contribution in [0.1, 0.15) is 44.1 Å². The first-order valence-electron chi connectivity index (χ1n) is 22.8. The normalized spacial score (nSPS) is 11.4. The van der Waals surface area contributed by atoms with Crippen LogP contribution in [-0.4, -0.2) is 50.2 Å². The van der Waals surface area contributed by atoms with E-state index < -0.39 is 35.6 Å². The van der Waals surface area contributed by atoms with E-state index in [4.69, 9.17) is 11.0 Å². The number of alkyl halides is 9. The highest BCUT2D eigenvalue weighted by Gasteiger charge is 2.37. The van der Waals surface area contributed by atoms with Gasteiger partial charge in [-0.25, -0.2) is 14.0 Å². The predicted octanol–water partition coefficient (Wildman–Crippen LogP) is 12.1. The maximum Gasteiger partial charge on any atom is 0.435 e. The van der Waals surface area contributed by atoms with Gasteiger partial charge in [-0.15, -0.1) is 0 Å². The average Bonchev–Trinajstić information content (AvgIpc) is 4.24. The first kappa shape index (κ1) is 53.5. The second-order valence-electron chi connectivity index (χ2n) is 16.4. The molecule has 4 aromatic carbocycles. The maximum absolute atomic E-state index is 13.3. The summed E-state index contributed by atoms with van der Waals surface area (Å²) >= 11 is 0. The first-order chi connectivity index (χ1) is 36.9. The number of nitrogens with zero attached hydrogens (tertiary/aromatic N) is 10. The van der Waals surface area contributed by atoms with Gasteiger partial charge < -0.3 is 11.1 Å². The lowest BCUT2D eigenvalue weighted by Crippen LogP contribution is -2.22. The van der Waals surface area contributed by atoms with Crippen molar-refractivity contribution in [1.29, 1.82) is 5.26 Å². The van der Waals surface area contributed by atoms with Crippen LogP contribution in [0.2, 0.25) is 0 Å². The molecule has 13 nitrogen and oxygen atoms in total. The summed E-state index contributed by atoms with van der Waals surface area (Å²) in [4.78, 5) is 24.0. The van der Waals surface area contributed by atoms with E-state index in [1.807, 2.05) is 12.1 Å². The number of hydrogen-bond donors (Lipinski definition) is 2. The summed E-state index contributed by atoms with van der Waals surface area (Å²) in [7, 11) is 0. The molecule has 77 heavy (non-hydrogen) atoms. The quantitative estimate of drug-likeness (QED) is 0.127. The van der Waals surface area contributed by atoms with Crippen LogP contribution in [0, 0.1) is 11.3 Å². The van der Waals surface area contributed by atoms with Crippen LogP contribution in [0.15, 0.2) is 195 Å². The number of carbonyl (C=O) groups excluding carboxylic acids is 1. The van der Waals surface area contributed by atoms with Crippen molar-refractivity contribution in [3.8, 4) is 56.9 Å². The van der Waals surface area contributed by atoms with E-state index in [1.54, 1.807) is 134 Å². The summed E-state index contributed by atoms with van der Waals surface area (Å²) in [5, 5.41) is 22.8. The second kappa shape index (κ2) is 23.2. The monoisotopic (exact) mass is 1050 g/mol. The van der Waals surface area contributed by atoms with Crippen molar-refractivity contribution in [1.82, 2.24) is 49.6 Å². The molecule has 0 saturated carbocycles. The third-order valence-corrected chi connectivity index (χ3v) is 11.2. The summed E-state index contributed by atoms with van der Waals surface area (Å²) in [6, 6.07) is 43.6. The van der Waals surface area contributed by atoms with Crippen LogP contribution in [0.4, 0.5) is 39.5 Å². The van der Waals surface area contributed by atoms with Crippen LogP contribution >= 0.6 is 0 Å². The van der Waals surface area contributed by atoms with E-state index in [2.05, 4.69) is 35.6 Å². The Labute approximate surface area is 432 Å². The van der Waals surface area contributed by atoms with E-state index in [0.717, 1.165) is 29.3 Å². The molecule has 0 radical (unpaired) electrons. The Kier molecular flexibility index (Phi) is 16.1. The van der Waals surface area contributed by atoms with Crippen molar-refractivity contribution in [3.05, 3.63) is 234 Å². The van der Waals surface area contributed by atoms with E-state index in [-0.39, 0.29) is 23.8 Å². The number of pyridine rings is 3. The van der Waals surface area contributed by atoms with Crippen LogP contribution in [-0.2, 0) is 31.6 Å². The topological polar surface area (TPSA) is 171 Å². The smallest absolute Gasteiger partial charge is 0.348 e. The summed E-state index contributed by atoms with van der Waals surface area (Å²) < 4.78 is 122. The standard InChI is InChI=1S/C23H17F3N4O.C16H13F3N4.C16H9F3N4/c24-23(25,26)21-13-20(18-7-4-12-27-15-18)30(29-21)19-10-8-16(9-11-19)14-28-22(31)17-5-2-1-3-6-17;2*17-16(18,19)15-8-14(12-2-1-7-21-10-12)23(22-15)13-5-3-11(9-20)4-6-13/h1-13,15H,14H2,(H,28,31);1-8,10H,9,20H2;1-8,10H. The summed E-state index contributed by atoms with van der Waals surface area (Å²) in [6.45, 7) is 0.652. The number of rotatable bonds is 10. The van der Waals surface area contributed by atoms with E-state index >= 15 is 0 Å². The number of nitrogens with one attached hydrogen (secondary N) is 1. The fourth-order valence-electron chi connectivity index (χ4n) is 7.39. The molecule has 6 aromatic heterocycles. The van der Waals surface area contributed by atoms with Crippen LogP contribution in [0.3, 0.4) is 0 Å². The molecule has 388 valence electrons. The van der Waals surface area contributed by atoms with Gasteiger partial charge in [0.05, 0.1) is 45.8 Å². The Morgan fingerprint density at radius 1 is 0.494 bits per heavy atom. The number of hydrogen-bond acceptors (Lipinski definition) is 9. The number of benzene rings is 4. The van der Waals surface area contributed by atoms with E-state index in [9.17, 15) is 44.3 Å². The van der Waals surface area contributed by atoms with Gasteiger partial charge in [0.1, 0.15) is 0 Å². The van der Waals surface area contributed by atoms with Crippen molar-refractivity contribution < 1.29 is 44.3 Å². The lowest BCUT2D eigenvalue weighted by molar-refractivity contribution is -0.142. The summed E-state index contributed by atoms with van der Waals surface area (Å²) in [5.41, 5.74) is 9.18. The molecule has 0 aliphatic carbocycles. The van der Waals surface area contributed by atoms with Gasteiger partial charge in [-0.3, -0.25) is 19.7 Å². The third-order valence-electron chi connectivity index (χ3n) is 11.2. The van der Waals surface area contributed by atoms with Crippen molar-refractivity contribution in [2.75, 3.05) is 0 Å². The molecule has 0 aliphatic rings. The molecular weight excluding hydrogens is 1020 g/mol. The highest BCUT2D eigenvalue weighted by molar-refractivity contribution is 5.94. The second-order valence-corrected chi connectivity index (χ2v) is 16.4. The van der Waals surface area contributed by atoms with Crippen LogP contribution < -0.4 is 11.1 Å². The molecule has 0 spiro atoms.